The van der Waals surface area contributed by atoms with Crippen LogP contribution in [0.5, 0.6) is 0 Å². The van der Waals surface area contributed by atoms with Crippen molar-refractivity contribution in [2.24, 2.45) is 22.7 Å². The Morgan fingerprint density at radius 3 is 1.71 bits per heavy atom. The van der Waals surface area contributed by atoms with Gasteiger partial charge in [-0.1, -0.05) is 169 Å². The second-order valence-electron chi connectivity index (χ2n) is 17.1. The van der Waals surface area contributed by atoms with Crippen molar-refractivity contribution in [2.45, 2.75) is 184 Å². The van der Waals surface area contributed by atoms with Gasteiger partial charge in [-0.15, -0.1) is 0 Å². The van der Waals surface area contributed by atoms with Gasteiger partial charge in [-0.3, -0.25) is 14.4 Å². The quantitative estimate of drug-likeness (QED) is 0.0901. The van der Waals surface area contributed by atoms with Crippen LogP contribution in [0.2, 0.25) is 0 Å². The van der Waals surface area contributed by atoms with Gasteiger partial charge >= 0.3 is 17.9 Å². The minimum absolute atomic E-state index is 0. The van der Waals surface area contributed by atoms with E-state index in [9.17, 15) is 34.5 Å². The summed E-state index contributed by atoms with van der Waals surface area (Å²) in [6, 6.07) is 23.5. The topological polar surface area (TPSA) is 195 Å². The molecule has 3 aromatic rings. The van der Waals surface area contributed by atoms with Gasteiger partial charge in [0.05, 0.1) is 35.6 Å². The van der Waals surface area contributed by atoms with Gasteiger partial charge in [-0.25, -0.2) is 9.59 Å². The summed E-state index contributed by atoms with van der Waals surface area (Å²) in [5.74, 6) is -6.06. The van der Waals surface area contributed by atoms with Crippen LogP contribution >= 0.6 is 0 Å². The molecule has 1 unspecified atom stereocenters. The van der Waals surface area contributed by atoms with E-state index in [0.717, 1.165) is 0 Å². The van der Waals surface area contributed by atoms with E-state index in [1.165, 1.54) is 19.1 Å². The Labute approximate surface area is 423 Å². The second-order valence-corrected chi connectivity index (χ2v) is 17.1. The third-order valence-corrected chi connectivity index (χ3v) is 13.5. The molecule has 4 aliphatic rings. The van der Waals surface area contributed by atoms with Crippen molar-refractivity contribution in [3.63, 3.8) is 0 Å². The molecule has 7 rings (SSSR count). The van der Waals surface area contributed by atoms with Crippen LogP contribution in [0.3, 0.4) is 0 Å². The number of benzene rings is 3. The van der Waals surface area contributed by atoms with Crippen LogP contribution in [-0.2, 0) is 33.3 Å². The minimum Gasteiger partial charge on any atom is -0.456 e. The molecule has 1 heterocycles. The highest BCUT2D eigenvalue weighted by Gasteiger charge is 2.77. The van der Waals surface area contributed by atoms with Crippen molar-refractivity contribution >= 4 is 29.6 Å². The van der Waals surface area contributed by atoms with E-state index >= 15 is 4.79 Å². The van der Waals surface area contributed by atoms with Crippen molar-refractivity contribution < 1.29 is 58.2 Å². The Morgan fingerprint density at radius 1 is 0.757 bits per heavy atom. The number of ether oxygens (including phenoxy) is 4. The van der Waals surface area contributed by atoms with E-state index in [4.69, 9.17) is 18.9 Å². The maximum Gasteiger partial charge on any atom is 0.338 e. The number of hydrogen-bond donors (Lipinski definition) is 4. The number of aliphatic hydroxyl groups excluding tert-OH is 2. The van der Waals surface area contributed by atoms with E-state index < -0.39 is 106 Å². The predicted octanol–water partition coefficient (Wildman–Crippen LogP) is 11.4. The highest BCUT2D eigenvalue weighted by molar-refractivity contribution is 5.95. The number of amides is 1. The van der Waals surface area contributed by atoms with Gasteiger partial charge in [0.25, 0.3) is 5.91 Å². The summed E-state index contributed by atoms with van der Waals surface area (Å²) in [4.78, 5) is 69.9. The summed E-state index contributed by atoms with van der Waals surface area (Å²) in [5, 5.41) is 40.0. The lowest BCUT2D eigenvalue weighted by Gasteiger charge is -2.67. The number of fused-ring (bicyclic) bond motifs is 5. The van der Waals surface area contributed by atoms with Gasteiger partial charge in [-0.2, -0.15) is 0 Å². The van der Waals surface area contributed by atoms with E-state index in [0.29, 0.717) is 22.3 Å². The molecule has 13 heteroatoms. The largest absolute Gasteiger partial charge is 0.456 e. The molecule has 13 nitrogen and oxygen atoms in total. The van der Waals surface area contributed by atoms with Gasteiger partial charge in [0.2, 0.25) is 0 Å². The number of carbonyl (C=O) groups excluding carboxylic acids is 5. The molecule has 1 amide bonds. The highest BCUT2D eigenvalue weighted by atomic mass is 16.6. The van der Waals surface area contributed by atoms with Crippen LogP contribution in [0.4, 0.5) is 0 Å². The van der Waals surface area contributed by atoms with Crippen molar-refractivity contribution in [3.05, 3.63) is 119 Å². The summed E-state index contributed by atoms with van der Waals surface area (Å²) in [6.45, 7) is 9.32. The third kappa shape index (κ3) is 11.9. The number of nitrogens with one attached hydrogen (secondary N) is 1. The first kappa shape index (κ1) is 73.7. The molecule has 3 aliphatic carbocycles. The Morgan fingerprint density at radius 2 is 1.24 bits per heavy atom. The standard InChI is InChI=1S/C46H51NO12.11CH4/c1-25-31(57-42(54)36(50)35(28-16-10-7-11-17-28)47-40(52)29-18-12-8-13-19-29)23-46(55)39(58-41(53)30-20-14-9-15-21-30)37-44(6,38(51)26(2)34(25)43(46,4)5)32(49)22-33-45(37,24-56-33)59-27(3)48;;;;;;;;;;;/h7-21,26,31-33,35-37,39,49-50,55H,22-24H2,1-6H3,(H,47,52);11*1H4/t26-,31+,32+,33-,35?,36-,37+,39+,44-,45+,46-;;;;;;;;;;;/m1.........../s1. The molecule has 400 valence electrons. The van der Waals surface area contributed by atoms with E-state index in [2.05, 4.69) is 5.32 Å². The predicted molar refractivity (Wildman–Crippen MR) is 285 cm³/mol. The maximum atomic E-state index is 15.2. The van der Waals surface area contributed by atoms with E-state index in [1.807, 2.05) is 0 Å². The third-order valence-electron chi connectivity index (χ3n) is 13.5. The molecule has 0 spiro atoms. The number of ketones is 1. The van der Waals surface area contributed by atoms with Crippen LogP contribution in [-0.4, -0.2) is 93.2 Å². The van der Waals surface area contributed by atoms with Gasteiger partial charge in [0, 0.05) is 36.7 Å². The number of Topliss-reactive ketones (excluding diaryl/α,β-unsaturated/α-hetero) is 1. The smallest absolute Gasteiger partial charge is 0.338 e. The van der Waals surface area contributed by atoms with Crippen molar-refractivity contribution in [1.29, 1.82) is 0 Å². The summed E-state index contributed by atoms with van der Waals surface area (Å²) in [6.07, 6.45) is -7.67. The number of aliphatic hydroxyl groups is 3. The fourth-order valence-electron chi connectivity index (χ4n) is 10.4. The Balaban J connectivity index is -0.00000128. The van der Waals surface area contributed by atoms with E-state index in [1.54, 1.807) is 113 Å². The van der Waals surface area contributed by atoms with Crippen LogP contribution in [0.15, 0.2) is 102 Å². The minimum atomic E-state index is -2.19. The molecule has 2 saturated carbocycles. The molecule has 4 N–H and O–H groups in total. The highest BCUT2D eigenvalue weighted by Crippen LogP contribution is 2.65. The lowest BCUT2D eigenvalue weighted by Crippen LogP contribution is -2.81. The molecular weight excluding hydrogens is 891 g/mol. The zero-order chi connectivity index (χ0) is 42.7. The Hall–Kier alpha value is -5.21. The average molecular weight is 986 g/mol. The van der Waals surface area contributed by atoms with Crippen LogP contribution in [0.25, 0.3) is 0 Å². The normalized spacial score (nSPS) is 27.8. The molecule has 3 aromatic carbocycles. The lowest BCUT2D eigenvalue weighted by atomic mass is 9.43. The summed E-state index contributed by atoms with van der Waals surface area (Å²) >= 11 is 0. The van der Waals surface area contributed by atoms with Crippen molar-refractivity contribution in [2.75, 3.05) is 6.61 Å². The number of carbonyl (C=O) groups is 5. The first-order valence-corrected chi connectivity index (χ1v) is 19.9. The van der Waals surface area contributed by atoms with Crippen molar-refractivity contribution in [1.82, 2.24) is 5.32 Å². The zero-order valence-electron chi connectivity index (χ0n) is 33.9. The molecule has 2 bridgehead atoms. The first-order valence-electron chi connectivity index (χ1n) is 19.9. The first-order chi connectivity index (χ1) is 27.9. The molecule has 3 fully saturated rings. The summed E-state index contributed by atoms with van der Waals surface area (Å²) in [7, 11) is 0. The second kappa shape index (κ2) is 27.4. The lowest BCUT2D eigenvalue weighted by molar-refractivity contribution is -0.345. The van der Waals surface area contributed by atoms with Gasteiger partial charge in [-0.05, 0) is 54.8 Å². The van der Waals surface area contributed by atoms with Gasteiger partial charge < -0.3 is 39.6 Å². The Kier molecular flexibility index (Phi) is 28.9. The molecule has 0 aromatic heterocycles. The van der Waals surface area contributed by atoms with Crippen LogP contribution < -0.4 is 5.32 Å². The SMILES string of the molecule is C.C.C.C.C.C.C.C.C.C.C.CC(=O)O[C@@]12CO[C@@H]1C[C@H](O)[C@@]1(C)C(=O)[C@H](C)C3=C(C)[C@@H](OC(=O)[C@H](O)C(NC(=O)c4ccccc4)c4ccccc4)C[C@@](O)([C@@H](OC(=O)c4ccccc4)[C@H]21)C3(C)C. The fourth-order valence-corrected chi connectivity index (χ4v) is 10.4. The molecule has 0 radical (unpaired) electrons. The van der Waals surface area contributed by atoms with E-state index in [-0.39, 0.29) is 100 Å². The average Bonchev–Trinajstić information content (AvgIpc) is 3.21. The number of esters is 3. The van der Waals surface area contributed by atoms with Crippen LogP contribution in [0.1, 0.15) is 168 Å². The molecule has 1 aliphatic heterocycles. The number of rotatable bonds is 9. The molecular formula is C57H95NO12. The molecule has 70 heavy (non-hydrogen) atoms. The number of hydrogen-bond acceptors (Lipinski definition) is 12. The summed E-state index contributed by atoms with van der Waals surface area (Å²) in [5.41, 5.74) is -5.28. The van der Waals surface area contributed by atoms with Crippen LogP contribution in [0, 0.1) is 22.7 Å². The van der Waals surface area contributed by atoms with Gasteiger partial charge in [0.15, 0.2) is 11.7 Å². The summed E-state index contributed by atoms with van der Waals surface area (Å²) < 4.78 is 24.5. The zero-order valence-corrected chi connectivity index (χ0v) is 33.9. The Bertz CT molecular complexity index is 2160. The maximum absolute atomic E-state index is 15.2. The molecule has 11 atom stereocenters. The molecule has 1 saturated heterocycles. The monoisotopic (exact) mass is 986 g/mol. The van der Waals surface area contributed by atoms with Crippen molar-refractivity contribution in [3.8, 4) is 0 Å². The fraction of sp³-hybridized carbons (Fsp3) is 0.561. The van der Waals surface area contributed by atoms with Gasteiger partial charge in [0.1, 0.15) is 29.7 Å².